The van der Waals surface area contributed by atoms with Crippen LogP contribution in [-0.4, -0.2) is 30.6 Å². The lowest BCUT2D eigenvalue weighted by molar-refractivity contribution is -0.151. The quantitative estimate of drug-likeness (QED) is 0.170. The van der Waals surface area contributed by atoms with E-state index in [4.69, 9.17) is 9.47 Å². The van der Waals surface area contributed by atoms with E-state index in [0.29, 0.717) is 29.8 Å². The van der Waals surface area contributed by atoms with E-state index >= 15 is 0 Å². The molecule has 1 aliphatic heterocycles. The van der Waals surface area contributed by atoms with E-state index in [9.17, 15) is 9.59 Å². The molecule has 0 radical (unpaired) electrons. The highest BCUT2D eigenvalue weighted by atomic mass is 16.5. The van der Waals surface area contributed by atoms with Gasteiger partial charge in [-0.2, -0.15) is 0 Å². The van der Waals surface area contributed by atoms with Crippen molar-refractivity contribution in [3.8, 4) is 0 Å². The number of nitrogens with one attached hydrogen (secondary N) is 1. The standard InChI is InChI=1S/C35H55NO4/c1-7-8-9-10-32(38)39-26-15-17-34(5)25(19-26)12-13-27-28(34)16-18-35(6)29(27)20-31-33(35)23(3)30(40-31)14-11-22(2)21-36-24(4)37/h12,22,26-29,31,33H,7-11,13-21H2,1-6H3,(H,36,37)/t22-,26+,27-,28-,29-,31-,33+,34+,35+/m1/s1. The van der Waals surface area contributed by atoms with Crippen LogP contribution in [0, 0.1) is 40.4 Å². The predicted molar refractivity (Wildman–Crippen MR) is 159 cm³/mol. The summed E-state index contributed by atoms with van der Waals surface area (Å²) in [6, 6.07) is 0. The minimum atomic E-state index is 0.00671. The second-order valence-corrected chi connectivity index (χ2v) is 14.7. The summed E-state index contributed by atoms with van der Waals surface area (Å²) >= 11 is 0. The summed E-state index contributed by atoms with van der Waals surface area (Å²) in [5.41, 5.74) is 3.68. The Labute approximate surface area is 243 Å². The van der Waals surface area contributed by atoms with Gasteiger partial charge in [0.1, 0.15) is 12.2 Å². The zero-order valence-corrected chi connectivity index (χ0v) is 26.2. The SMILES string of the molecule is CCCCCC(=O)O[C@H]1CC[C@@]2(C)C(=CC[C@H]3[C@H]4C[C@H]5OC(CC[C@@H](C)CNC(C)=O)=C(C)[C@@H]5[C@@]4(C)CC[C@H]32)C1. The Morgan fingerprint density at radius 3 is 2.73 bits per heavy atom. The monoisotopic (exact) mass is 553 g/mol. The maximum atomic E-state index is 12.4. The molecule has 4 aliphatic carbocycles. The zero-order chi connectivity index (χ0) is 28.7. The largest absolute Gasteiger partial charge is 0.494 e. The first kappa shape index (κ1) is 29.7. The zero-order valence-electron chi connectivity index (χ0n) is 26.2. The van der Waals surface area contributed by atoms with Gasteiger partial charge in [0, 0.05) is 38.6 Å². The summed E-state index contributed by atoms with van der Waals surface area (Å²) < 4.78 is 12.7. The van der Waals surface area contributed by atoms with Gasteiger partial charge < -0.3 is 14.8 Å². The molecule has 9 atom stereocenters. The summed E-state index contributed by atoms with van der Waals surface area (Å²) in [5, 5.41) is 2.96. The number of ether oxygens (including phenoxy) is 2. The summed E-state index contributed by atoms with van der Waals surface area (Å²) in [5.74, 6) is 4.51. The highest BCUT2D eigenvalue weighted by Crippen LogP contribution is 2.69. The molecule has 0 unspecified atom stereocenters. The molecule has 0 aromatic heterocycles. The number of allylic oxidation sites excluding steroid dienone is 2. The van der Waals surface area contributed by atoms with Gasteiger partial charge in [-0.25, -0.2) is 0 Å². The molecule has 40 heavy (non-hydrogen) atoms. The number of hydrogen-bond acceptors (Lipinski definition) is 4. The molecule has 224 valence electrons. The van der Waals surface area contributed by atoms with E-state index in [-0.39, 0.29) is 23.4 Å². The van der Waals surface area contributed by atoms with Gasteiger partial charge in [0.05, 0.1) is 5.76 Å². The lowest BCUT2D eigenvalue weighted by Gasteiger charge is -2.58. The van der Waals surface area contributed by atoms with Crippen LogP contribution in [0.4, 0.5) is 0 Å². The molecule has 5 aliphatic rings. The Morgan fingerprint density at radius 2 is 1.98 bits per heavy atom. The van der Waals surface area contributed by atoms with Crippen LogP contribution in [0.5, 0.6) is 0 Å². The normalized spacial score (nSPS) is 38.8. The Morgan fingerprint density at radius 1 is 1.18 bits per heavy atom. The first-order valence-corrected chi connectivity index (χ1v) is 16.6. The number of amides is 1. The third-order valence-electron chi connectivity index (χ3n) is 12.1. The molecule has 1 amide bonds. The van der Waals surface area contributed by atoms with Gasteiger partial charge in [-0.1, -0.05) is 52.2 Å². The maximum absolute atomic E-state index is 12.4. The van der Waals surface area contributed by atoms with Crippen molar-refractivity contribution < 1.29 is 19.1 Å². The van der Waals surface area contributed by atoms with Crippen molar-refractivity contribution in [3.63, 3.8) is 0 Å². The number of carbonyl (C=O) groups excluding carboxylic acids is 2. The summed E-state index contributed by atoms with van der Waals surface area (Å²) in [6.07, 6.45) is 16.9. The van der Waals surface area contributed by atoms with Crippen LogP contribution in [0.3, 0.4) is 0 Å². The summed E-state index contributed by atoms with van der Waals surface area (Å²) in [4.78, 5) is 23.7. The van der Waals surface area contributed by atoms with Gasteiger partial charge in [-0.05, 0) is 98.4 Å². The molecule has 5 nitrogen and oxygen atoms in total. The number of carbonyl (C=O) groups is 2. The smallest absolute Gasteiger partial charge is 0.306 e. The van der Waals surface area contributed by atoms with Crippen LogP contribution in [-0.2, 0) is 19.1 Å². The molecule has 0 saturated heterocycles. The lowest BCUT2D eigenvalue weighted by atomic mass is 9.47. The first-order chi connectivity index (χ1) is 19.1. The van der Waals surface area contributed by atoms with Gasteiger partial charge >= 0.3 is 5.97 Å². The lowest BCUT2D eigenvalue weighted by Crippen LogP contribution is -2.50. The Bertz CT molecular complexity index is 1030. The van der Waals surface area contributed by atoms with Crippen LogP contribution in [0.15, 0.2) is 23.0 Å². The molecule has 1 heterocycles. The van der Waals surface area contributed by atoms with Crippen molar-refractivity contribution in [2.45, 2.75) is 137 Å². The fourth-order valence-corrected chi connectivity index (χ4v) is 9.87. The predicted octanol–water partition coefficient (Wildman–Crippen LogP) is 7.89. The third kappa shape index (κ3) is 5.52. The van der Waals surface area contributed by atoms with Crippen LogP contribution in [0.25, 0.3) is 0 Å². The van der Waals surface area contributed by atoms with Crippen molar-refractivity contribution in [1.82, 2.24) is 5.32 Å². The highest BCUT2D eigenvalue weighted by Gasteiger charge is 2.63. The van der Waals surface area contributed by atoms with Crippen molar-refractivity contribution in [1.29, 1.82) is 0 Å². The summed E-state index contributed by atoms with van der Waals surface area (Å²) in [7, 11) is 0. The number of rotatable bonds is 10. The van der Waals surface area contributed by atoms with Gasteiger partial charge in [-0.15, -0.1) is 0 Å². The van der Waals surface area contributed by atoms with E-state index in [1.165, 1.54) is 37.0 Å². The first-order valence-electron chi connectivity index (χ1n) is 16.6. The molecule has 3 saturated carbocycles. The molecular weight excluding hydrogens is 498 g/mol. The second kappa shape index (κ2) is 11.8. The third-order valence-corrected chi connectivity index (χ3v) is 12.1. The maximum Gasteiger partial charge on any atom is 0.306 e. The molecule has 0 aromatic carbocycles. The molecule has 1 N–H and O–H groups in total. The van der Waals surface area contributed by atoms with Crippen LogP contribution in [0.1, 0.15) is 125 Å². The minimum Gasteiger partial charge on any atom is -0.494 e. The van der Waals surface area contributed by atoms with Crippen molar-refractivity contribution in [2.75, 3.05) is 6.54 Å². The van der Waals surface area contributed by atoms with E-state index in [2.05, 4.69) is 46.0 Å². The van der Waals surface area contributed by atoms with Crippen LogP contribution >= 0.6 is 0 Å². The van der Waals surface area contributed by atoms with E-state index in [0.717, 1.165) is 75.7 Å². The van der Waals surface area contributed by atoms with E-state index in [1.54, 1.807) is 12.5 Å². The number of fused-ring (bicyclic) bond motifs is 7. The summed E-state index contributed by atoms with van der Waals surface area (Å²) in [6.45, 7) is 14.2. The van der Waals surface area contributed by atoms with Crippen molar-refractivity contribution >= 4 is 11.9 Å². The average molecular weight is 554 g/mol. The second-order valence-electron chi connectivity index (χ2n) is 14.7. The number of esters is 1. The van der Waals surface area contributed by atoms with Gasteiger partial charge in [0.25, 0.3) is 0 Å². The topological polar surface area (TPSA) is 64.6 Å². The van der Waals surface area contributed by atoms with Crippen molar-refractivity contribution in [2.24, 2.45) is 40.4 Å². The Balaban J connectivity index is 1.23. The van der Waals surface area contributed by atoms with Gasteiger partial charge in [0.15, 0.2) is 0 Å². The highest BCUT2D eigenvalue weighted by molar-refractivity contribution is 5.72. The van der Waals surface area contributed by atoms with Gasteiger partial charge in [0.2, 0.25) is 5.91 Å². The molecule has 0 bridgehead atoms. The van der Waals surface area contributed by atoms with Crippen molar-refractivity contribution in [3.05, 3.63) is 23.0 Å². The number of hydrogen-bond donors (Lipinski definition) is 1. The molecule has 3 fully saturated rings. The molecule has 5 heteroatoms. The van der Waals surface area contributed by atoms with Crippen LogP contribution in [0.2, 0.25) is 0 Å². The van der Waals surface area contributed by atoms with E-state index in [1.807, 2.05) is 0 Å². The fraction of sp³-hybridized carbons (Fsp3) is 0.829. The Hall–Kier alpha value is -1.78. The Kier molecular flexibility index (Phi) is 8.79. The molecular formula is C35H55NO4. The average Bonchev–Trinajstić information content (AvgIpc) is 3.39. The molecule has 0 aromatic rings. The van der Waals surface area contributed by atoms with Crippen LogP contribution < -0.4 is 5.32 Å². The molecule has 0 spiro atoms. The van der Waals surface area contributed by atoms with Gasteiger partial charge in [-0.3, -0.25) is 9.59 Å². The minimum absolute atomic E-state index is 0.00671. The van der Waals surface area contributed by atoms with E-state index < -0.39 is 0 Å². The fourth-order valence-electron chi connectivity index (χ4n) is 9.87. The molecule has 5 rings (SSSR count). The number of unbranched alkanes of at least 4 members (excludes halogenated alkanes) is 2.